The van der Waals surface area contributed by atoms with Gasteiger partial charge in [-0.05, 0) is 25.0 Å². The molecule has 3 rings (SSSR count). The number of aromatic amines is 1. The van der Waals surface area contributed by atoms with E-state index in [2.05, 4.69) is 9.97 Å². The molecule has 94 valence electrons. The number of nitrogens with zero attached hydrogens (tertiary/aromatic N) is 1. The number of ether oxygens (including phenoxy) is 1. The molecular weight excluding hydrogens is 226 g/mol. The number of hydrogen-bond acceptors (Lipinski definition) is 3. The van der Waals surface area contributed by atoms with E-state index >= 15 is 0 Å². The van der Waals surface area contributed by atoms with Crippen molar-refractivity contribution in [2.75, 3.05) is 7.11 Å². The Kier molecular flexibility index (Phi) is 2.80. The van der Waals surface area contributed by atoms with E-state index in [0.29, 0.717) is 12.0 Å². The second kappa shape index (κ2) is 4.46. The third-order valence-corrected chi connectivity index (χ3v) is 3.55. The third kappa shape index (κ3) is 1.88. The van der Waals surface area contributed by atoms with Crippen LogP contribution in [0.15, 0.2) is 30.5 Å². The molecule has 1 aromatic carbocycles. The first-order valence-corrected chi connectivity index (χ1v) is 6.22. The van der Waals surface area contributed by atoms with Gasteiger partial charge >= 0.3 is 0 Å². The number of methoxy groups -OCH3 is 1. The summed E-state index contributed by atoms with van der Waals surface area (Å²) in [6.45, 7) is 0. The van der Waals surface area contributed by atoms with Crippen LogP contribution in [0.25, 0.3) is 11.3 Å². The molecule has 1 heterocycles. The van der Waals surface area contributed by atoms with Crippen LogP contribution in [-0.4, -0.2) is 23.1 Å². The van der Waals surface area contributed by atoms with Crippen LogP contribution in [0.2, 0.25) is 0 Å². The Balaban J connectivity index is 1.88. The second-order valence-corrected chi connectivity index (χ2v) is 4.81. The molecule has 4 nitrogen and oxygen atoms in total. The molecule has 2 aromatic rings. The van der Waals surface area contributed by atoms with Crippen LogP contribution in [0.1, 0.15) is 24.6 Å². The summed E-state index contributed by atoms with van der Waals surface area (Å²) in [7, 11) is 1.68. The fourth-order valence-electron chi connectivity index (χ4n) is 2.43. The van der Waals surface area contributed by atoms with Gasteiger partial charge < -0.3 is 15.5 Å². The Morgan fingerprint density at radius 1 is 1.33 bits per heavy atom. The van der Waals surface area contributed by atoms with Gasteiger partial charge in [-0.3, -0.25) is 0 Å². The predicted molar refractivity (Wildman–Crippen MR) is 70.5 cm³/mol. The van der Waals surface area contributed by atoms with Crippen LogP contribution in [0.3, 0.4) is 0 Å². The number of nitrogens with one attached hydrogen (secondary N) is 1. The van der Waals surface area contributed by atoms with E-state index in [-0.39, 0.29) is 0 Å². The first-order valence-electron chi connectivity index (χ1n) is 6.22. The summed E-state index contributed by atoms with van der Waals surface area (Å²) in [6.07, 6.45) is 3.93. The van der Waals surface area contributed by atoms with Gasteiger partial charge in [-0.1, -0.05) is 12.1 Å². The first kappa shape index (κ1) is 11.3. The Bertz CT molecular complexity index is 543. The zero-order valence-electron chi connectivity index (χ0n) is 10.4. The minimum Gasteiger partial charge on any atom is -0.496 e. The number of nitrogens with two attached hydrogens (primary N) is 1. The lowest BCUT2D eigenvalue weighted by atomic mass is 9.80. The Morgan fingerprint density at radius 3 is 2.83 bits per heavy atom. The van der Waals surface area contributed by atoms with Crippen molar-refractivity contribution >= 4 is 0 Å². The fraction of sp³-hybridized carbons (Fsp3) is 0.357. The number of imidazole rings is 1. The zero-order chi connectivity index (χ0) is 12.5. The van der Waals surface area contributed by atoms with Gasteiger partial charge in [-0.2, -0.15) is 0 Å². The quantitative estimate of drug-likeness (QED) is 0.869. The summed E-state index contributed by atoms with van der Waals surface area (Å²) in [5.41, 5.74) is 7.85. The number of rotatable bonds is 3. The average Bonchev–Trinajstić information content (AvgIpc) is 2.84. The molecule has 0 aliphatic heterocycles. The lowest BCUT2D eigenvalue weighted by Gasteiger charge is -2.30. The number of aromatic nitrogens is 2. The highest BCUT2D eigenvalue weighted by atomic mass is 16.5. The number of para-hydroxylation sites is 1. The van der Waals surface area contributed by atoms with Crippen LogP contribution >= 0.6 is 0 Å². The van der Waals surface area contributed by atoms with Crippen LogP contribution in [0.4, 0.5) is 0 Å². The molecule has 1 aliphatic carbocycles. The van der Waals surface area contributed by atoms with Crippen molar-refractivity contribution in [3.05, 3.63) is 36.3 Å². The fourth-order valence-corrected chi connectivity index (χ4v) is 2.43. The Labute approximate surface area is 106 Å². The molecule has 4 heteroatoms. The molecule has 0 unspecified atom stereocenters. The summed E-state index contributed by atoms with van der Waals surface area (Å²) >= 11 is 0. The van der Waals surface area contributed by atoms with Crippen LogP contribution < -0.4 is 10.5 Å². The molecule has 18 heavy (non-hydrogen) atoms. The molecule has 1 aromatic heterocycles. The van der Waals surface area contributed by atoms with Crippen molar-refractivity contribution < 1.29 is 4.74 Å². The van der Waals surface area contributed by atoms with E-state index in [0.717, 1.165) is 35.7 Å². The molecule has 3 N–H and O–H groups in total. The standard InChI is InChI=1S/C14H17N3O/c1-18-13-5-3-2-4-11(13)12-8-16-14(17-12)9-6-10(15)7-9/h2-5,8-10H,6-7,15H2,1H3,(H,16,17). The summed E-state index contributed by atoms with van der Waals surface area (Å²) in [6, 6.07) is 8.29. The average molecular weight is 243 g/mol. The van der Waals surface area contributed by atoms with Gasteiger partial charge in [0.1, 0.15) is 11.6 Å². The van der Waals surface area contributed by atoms with Crippen molar-refractivity contribution in [2.24, 2.45) is 5.73 Å². The molecular formula is C14H17N3O. The van der Waals surface area contributed by atoms with E-state index in [1.807, 2.05) is 30.5 Å². The summed E-state index contributed by atoms with van der Waals surface area (Å²) in [4.78, 5) is 7.84. The third-order valence-electron chi connectivity index (χ3n) is 3.55. The molecule has 0 amide bonds. The summed E-state index contributed by atoms with van der Waals surface area (Å²) in [5, 5.41) is 0. The zero-order valence-corrected chi connectivity index (χ0v) is 10.4. The van der Waals surface area contributed by atoms with Gasteiger partial charge in [0, 0.05) is 17.5 Å². The van der Waals surface area contributed by atoms with Crippen LogP contribution in [0.5, 0.6) is 5.75 Å². The maximum absolute atomic E-state index is 5.81. The molecule has 0 spiro atoms. The monoisotopic (exact) mass is 243 g/mol. The van der Waals surface area contributed by atoms with Crippen molar-refractivity contribution in [3.63, 3.8) is 0 Å². The first-order chi connectivity index (χ1) is 8.78. The minimum atomic E-state index is 0.342. The van der Waals surface area contributed by atoms with Crippen LogP contribution in [0, 0.1) is 0 Å². The molecule has 0 radical (unpaired) electrons. The topological polar surface area (TPSA) is 63.9 Å². The summed E-state index contributed by atoms with van der Waals surface area (Å²) in [5.74, 6) is 2.39. The smallest absolute Gasteiger partial charge is 0.128 e. The highest BCUT2D eigenvalue weighted by Crippen LogP contribution is 2.36. The Hall–Kier alpha value is -1.81. The number of hydrogen-bond donors (Lipinski definition) is 2. The maximum Gasteiger partial charge on any atom is 0.128 e. The summed E-state index contributed by atoms with van der Waals surface area (Å²) < 4.78 is 5.36. The van der Waals surface area contributed by atoms with E-state index in [1.54, 1.807) is 7.11 Å². The van der Waals surface area contributed by atoms with Crippen LogP contribution in [-0.2, 0) is 0 Å². The van der Waals surface area contributed by atoms with Crippen molar-refractivity contribution in [2.45, 2.75) is 24.8 Å². The maximum atomic E-state index is 5.81. The van der Waals surface area contributed by atoms with Crippen molar-refractivity contribution in [1.29, 1.82) is 0 Å². The molecule has 0 bridgehead atoms. The van der Waals surface area contributed by atoms with E-state index in [1.165, 1.54) is 0 Å². The minimum absolute atomic E-state index is 0.342. The van der Waals surface area contributed by atoms with E-state index in [4.69, 9.17) is 10.5 Å². The van der Waals surface area contributed by atoms with Crippen molar-refractivity contribution in [3.8, 4) is 17.0 Å². The van der Waals surface area contributed by atoms with Gasteiger partial charge in [-0.25, -0.2) is 4.98 Å². The highest BCUT2D eigenvalue weighted by Gasteiger charge is 2.29. The van der Waals surface area contributed by atoms with Gasteiger partial charge in [0.2, 0.25) is 0 Å². The molecule has 0 atom stereocenters. The predicted octanol–water partition coefficient (Wildman–Crippen LogP) is 2.29. The lowest BCUT2D eigenvalue weighted by molar-refractivity contribution is 0.340. The Morgan fingerprint density at radius 2 is 2.11 bits per heavy atom. The molecule has 1 saturated carbocycles. The normalized spacial score (nSPS) is 22.6. The van der Waals surface area contributed by atoms with Gasteiger partial charge in [0.15, 0.2) is 0 Å². The van der Waals surface area contributed by atoms with E-state index < -0.39 is 0 Å². The number of H-pyrrole nitrogens is 1. The largest absolute Gasteiger partial charge is 0.496 e. The van der Waals surface area contributed by atoms with Gasteiger partial charge in [0.05, 0.1) is 19.0 Å². The van der Waals surface area contributed by atoms with Gasteiger partial charge in [0.25, 0.3) is 0 Å². The van der Waals surface area contributed by atoms with Gasteiger partial charge in [-0.15, -0.1) is 0 Å². The van der Waals surface area contributed by atoms with Crippen molar-refractivity contribution in [1.82, 2.24) is 9.97 Å². The van der Waals surface area contributed by atoms with E-state index in [9.17, 15) is 0 Å². The molecule has 1 fully saturated rings. The lowest BCUT2D eigenvalue weighted by Crippen LogP contribution is -2.35. The molecule has 1 aliphatic rings. The second-order valence-electron chi connectivity index (χ2n) is 4.81. The highest BCUT2D eigenvalue weighted by molar-refractivity contribution is 5.66. The molecule has 0 saturated heterocycles. The SMILES string of the molecule is COc1ccccc1-c1cnc(C2CC(N)C2)[nH]1. The number of benzene rings is 1.